The first-order valence-corrected chi connectivity index (χ1v) is 12.8. The minimum absolute atomic E-state index is 0.151. The topological polar surface area (TPSA) is 100 Å². The van der Waals surface area contributed by atoms with E-state index in [0.29, 0.717) is 30.8 Å². The summed E-state index contributed by atoms with van der Waals surface area (Å²) in [6.45, 7) is 0.714. The summed E-state index contributed by atoms with van der Waals surface area (Å²) in [6, 6.07) is 16.4. The van der Waals surface area contributed by atoms with E-state index in [2.05, 4.69) is 4.98 Å². The summed E-state index contributed by atoms with van der Waals surface area (Å²) in [4.78, 5) is 38.4. The number of carbonyl (C=O) groups is 2. The van der Waals surface area contributed by atoms with Gasteiger partial charge in [-0.3, -0.25) is 19.7 Å². The average Bonchev–Trinajstić information content (AvgIpc) is 3.50. The molecule has 2 bridgehead atoms. The average molecular weight is 508 g/mol. The van der Waals surface area contributed by atoms with Gasteiger partial charge in [0.15, 0.2) is 6.35 Å². The molecule has 0 saturated carbocycles. The first-order chi connectivity index (χ1) is 17.5. The molecule has 10 heteroatoms. The van der Waals surface area contributed by atoms with E-state index in [4.69, 9.17) is 0 Å². The van der Waals surface area contributed by atoms with Crippen LogP contribution in [0.3, 0.4) is 0 Å². The number of anilines is 2. The lowest BCUT2D eigenvalue weighted by Gasteiger charge is -2.49. The van der Waals surface area contributed by atoms with Crippen molar-refractivity contribution in [2.24, 2.45) is 0 Å². The number of likely N-dealkylation sites (tertiary alicyclic amines) is 1. The molecule has 2 aromatic carbocycles. The largest absolute Gasteiger partial charge is 0.480 e. The van der Waals surface area contributed by atoms with Crippen molar-refractivity contribution in [3.8, 4) is 0 Å². The van der Waals surface area contributed by atoms with Crippen LogP contribution in [0.5, 0.6) is 0 Å². The zero-order valence-corrected chi connectivity index (χ0v) is 20.7. The second-order valence-corrected chi connectivity index (χ2v) is 10.2. The summed E-state index contributed by atoms with van der Waals surface area (Å²) in [5, 5.41) is 21.5. The van der Waals surface area contributed by atoms with Gasteiger partial charge in [0.1, 0.15) is 6.04 Å². The molecule has 5 rings (SSSR count). The number of rotatable bonds is 7. The number of aliphatic carboxylic acids is 1. The third-order valence-electron chi connectivity index (χ3n) is 6.98. The molecule has 1 unspecified atom stereocenters. The third kappa shape index (κ3) is 4.60. The first-order valence-electron chi connectivity index (χ1n) is 11.9. The van der Waals surface area contributed by atoms with Crippen LogP contribution in [0.25, 0.3) is 0 Å². The molecule has 9 nitrogen and oxygen atoms in total. The maximum atomic E-state index is 14.0. The number of amides is 2. The molecule has 2 fully saturated rings. The Hall–Kier alpha value is -3.31. The lowest BCUT2D eigenvalue weighted by molar-refractivity contribution is -0.168. The van der Waals surface area contributed by atoms with E-state index >= 15 is 0 Å². The number of carboxylic acids is 1. The Morgan fingerprint density at radius 3 is 2.28 bits per heavy atom. The van der Waals surface area contributed by atoms with E-state index in [0.717, 1.165) is 4.88 Å². The number of hydrogen-bond donors (Lipinski definition) is 2. The van der Waals surface area contributed by atoms with E-state index in [-0.39, 0.29) is 18.6 Å². The summed E-state index contributed by atoms with van der Waals surface area (Å²) in [6.07, 6.45) is 2.09. The maximum Gasteiger partial charge on any atom is 0.329 e. The molecule has 4 atom stereocenters. The highest BCUT2D eigenvalue weighted by molar-refractivity contribution is 7.09. The van der Waals surface area contributed by atoms with Gasteiger partial charge in [0.05, 0.1) is 16.9 Å². The Bertz CT molecular complexity index is 1140. The van der Waals surface area contributed by atoms with Crippen molar-refractivity contribution in [2.75, 3.05) is 18.5 Å². The second kappa shape index (κ2) is 10.4. The van der Waals surface area contributed by atoms with Crippen molar-refractivity contribution in [2.45, 2.75) is 43.9 Å². The Morgan fingerprint density at radius 1 is 1.08 bits per heavy atom. The molecule has 2 saturated heterocycles. The standard InChI is InChI=1S/C26H29N5O4S/c1-28(16-21-14-27-17-36-21)25(34)31-20-12-13-22(31)23(24(32)33)29(15-20)26(35)30(18-8-4-2-5-9-18)19-10-6-3-7-11-19/h2-11,14,17,20,22-23,25,34H,12-13,15-16H2,1H3,(H,32,33)/t20-,22+,23-,25?/m0/s1. The van der Waals surface area contributed by atoms with Gasteiger partial charge in [-0.15, -0.1) is 11.3 Å². The van der Waals surface area contributed by atoms with Crippen molar-refractivity contribution >= 4 is 34.7 Å². The van der Waals surface area contributed by atoms with Crippen LogP contribution in [0, 0.1) is 0 Å². The van der Waals surface area contributed by atoms with Crippen LogP contribution >= 0.6 is 11.3 Å². The normalized spacial score (nSPS) is 22.5. The summed E-state index contributed by atoms with van der Waals surface area (Å²) < 4.78 is 0. The number of para-hydroxylation sites is 2. The summed E-state index contributed by atoms with van der Waals surface area (Å²) >= 11 is 1.51. The molecule has 188 valence electrons. The number of fused-ring (bicyclic) bond motifs is 2. The number of benzene rings is 2. The van der Waals surface area contributed by atoms with Crippen LogP contribution in [0.15, 0.2) is 72.4 Å². The van der Waals surface area contributed by atoms with Crippen LogP contribution in [-0.4, -0.2) is 80.0 Å². The molecule has 0 spiro atoms. The molecule has 3 aromatic rings. The summed E-state index contributed by atoms with van der Waals surface area (Å²) in [5.41, 5.74) is 3.07. The lowest BCUT2D eigenvalue weighted by Crippen LogP contribution is -2.68. The fourth-order valence-corrected chi connectivity index (χ4v) is 6.03. The smallest absolute Gasteiger partial charge is 0.329 e. The summed E-state index contributed by atoms with van der Waals surface area (Å²) in [7, 11) is 1.81. The zero-order valence-electron chi connectivity index (χ0n) is 19.9. The van der Waals surface area contributed by atoms with Crippen LogP contribution in [0.4, 0.5) is 16.2 Å². The number of carbonyl (C=O) groups excluding carboxylic acids is 1. The van der Waals surface area contributed by atoms with Gasteiger partial charge in [-0.1, -0.05) is 36.4 Å². The lowest BCUT2D eigenvalue weighted by atomic mass is 10.0. The van der Waals surface area contributed by atoms with Crippen LogP contribution < -0.4 is 4.90 Å². The van der Waals surface area contributed by atoms with Crippen LogP contribution in [0.1, 0.15) is 17.7 Å². The molecule has 1 aromatic heterocycles. The van der Waals surface area contributed by atoms with E-state index in [9.17, 15) is 19.8 Å². The van der Waals surface area contributed by atoms with Gasteiger partial charge in [0, 0.05) is 36.2 Å². The fourth-order valence-electron chi connectivity index (χ4n) is 5.37. The second-order valence-electron chi connectivity index (χ2n) is 9.20. The monoisotopic (exact) mass is 507 g/mol. The van der Waals surface area contributed by atoms with Gasteiger partial charge in [0.2, 0.25) is 0 Å². The Labute approximate surface area is 213 Å². The third-order valence-corrected chi connectivity index (χ3v) is 7.74. The quantitative estimate of drug-likeness (QED) is 0.473. The zero-order chi connectivity index (χ0) is 25.2. The number of carboxylic acid groups (broad SMARTS) is 1. The molecule has 2 aliphatic rings. The highest BCUT2D eigenvalue weighted by atomic mass is 32.1. The van der Waals surface area contributed by atoms with Crippen molar-refractivity contribution in [1.29, 1.82) is 0 Å². The number of thiazole rings is 1. The van der Waals surface area contributed by atoms with E-state index < -0.39 is 24.4 Å². The summed E-state index contributed by atoms with van der Waals surface area (Å²) in [5.74, 6) is -1.07. The van der Waals surface area contributed by atoms with Crippen LogP contribution in [0.2, 0.25) is 0 Å². The van der Waals surface area contributed by atoms with Gasteiger partial charge >= 0.3 is 12.0 Å². The predicted octanol–water partition coefficient (Wildman–Crippen LogP) is 3.41. The highest BCUT2D eigenvalue weighted by Crippen LogP contribution is 2.38. The van der Waals surface area contributed by atoms with E-state index in [1.807, 2.05) is 72.6 Å². The SMILES string of the molecule is CN(Cc1cncs1)C(O)N1[C@H]2CC[C@@H]1[C@@H](C(=O)O)N(C(=O)N(c1ccccc1)c1ccccc1)C2. The minimum Gasteiger partial charge on any atom is -0.480 e. The number of aliphatic hydroxyl groups is 1. The van der Waals surface area contributed by atoms with Crippen molar-refractivity contribution in [1.82, 2.24) is 19.7 Å². The van der Waals surface area contributed by atoms with Crippen molar-refractivity contribution in [3.05, 3.63) is 77.2 Å². The van der Waals surface area contributed by atoms with Crippen molar-refractivity contribution < 1.29 is 19.8 Å². The van der Waals surface area contributed by atoms with Crippen LogP contribution in [-0.2, 0) is 11.3 Å². The maximum absolute atomic E-state index is 14.0. The number of nitrogens with zero attached hydrogens (tertiary/aromatic N) is 5. The van der Waals surface area contributed by atoms with Gasteiger partial charge < -0.3 is 15.1 Å². The number of piperazine rings is 1. The highest BCUT2D eigenvalue weighted by Gasteiger charge is 2.54. The molecule has 2 N–H and O–H groups in total. The van der Waals surface area contributed by atoms with E-state index in [1.54, 1.807) is 21.5 Å². The Morgan fingerprint density at radius 2 is 1.72 bits per heavy atom. The Balaban J connectivity index is 1.44. The van der Waals surface area contributed by atoms with Gasteiger partial charge in [-0.05, 0) is 44.2 Å². The molecule has 2 amide bonds. The van der Waals surface area contributed by atoms with Gasteiger partial charge in [-0.2, -0.15) is 0 Å². The number of urea groups is 1. The fraction of sp³-hybridized carbons (Fsp3) is 0.346. The van der Waals surface area contributed by atoms with Gasteiger partial charge in [0.25, 0.3) is 0 Å². The molecule has 3 heterocycles. The number of aromatic nitrogens is 1. The predicted molar refractivity (Wildman–Crippen MR) is 137 cm³/mol. The molecule has 2 aliphatic heterocycles. The number of hydrogen-bond acceptors (Lipinski definition) is 7. The molecular formula is C26H29N5O4S. The molecular weight excluding hydrogens is 478 g/mol. The van der Waals surface area contributed by atoms with E-state index in [1.165, 1.54) is 16.2 Å². The van der Waals surface area contributed by atoms with Gasteiger partial charge in [-0.25, -0.2) is 9.59 Å². The molecule has 0 aliphatic carbocycles. The first kappa shape index (κ1) is 24.4. The number of aliphatic hydroxyl groups excluding tert-OH is 1. The molecule has 36 heavy (non-hydrogen) atoms. The Kier molecular flexibility index (Phi) is 7.01. The molecule has 0 radical (unpaired) electrons. The van der Waals surface area contributed by atoms with Crippen molar-refractivity contribution in [3.63, 3.8) is 0 Å². The minimum atomic E-state index is -1.09.